The van der Waals surface area contributed by atoms with E-state index < -0.39 is 39.8 Å². The van der Waals surface area contributed by atoms with Gasteiger partial charge in [-0.25, -0.2) is 8.93 Å². The minimum absolute atomic E-state index is 0.0557. The topological polar surface area (TPSA) is 55.4 Å². The number of halogens is 3. The van der Waals surface area contributed by atoms with E-state index in [-0.39, 0.29) is 6.42 Å². The Hall–Kier alpha value is -0.630. The molecule has 0 saturated heterocycles. The number of carbonyl (C=O) groups is 1. The molecule has 1 N–H and O–H groups in total. The lowest BCUT2D eigenvalue weighted by Crippen LogP contribution is -2.53. The fraction of sp³-hybridized carbons (Fsp3) is 0.947. The molecule has 0 aromatic rings. The standard InChI is InChI=1S/C19H36F3NO3S/c1-6-7-8-9-10-11-12-13-14-15(17(24)26-5)16(19(20,21)22)23-27(25)18(2,3)4/h15-16,23H,6-14H2,1-5H3/t15-,16-,27-/m0/s1. The van der Waals surface area contributed by atoms with E-state index in [2.05, 4.69) is 16.4 Å². The number of unbranched alkanes of at least 4 members (excludes halogenated alkanes) is 7. The van der Waals surface area contributed by atoms with Crippen LogP contribution in [-0.2, 0) is 20.5 Å². The first kappa shape index (κ1) is 26.4. The van der Waals surface area contributed by atoms with Gasteiger partial charge in [0.05, 0.1) is 28.8 Å². The van der Waals surface area contributed by atoms with E-state index in [9.17, 15) is 22.2 Å². The molecular formula is C19H36F3NO3S. The van der Waals surface area contributed by atoms with E-state index in [1.807, 2.05) is 0 Å². The molecule has 4 nitrogen and oxygen atoms in total. The number of rotatable bonds is 13. The number of nitrogens with one attached hydrogen (secondary N) is 1. The summed E-state index contributed by atoms with van der Waals surface area (Å²) >= 11 is 0. The highest BCUT2D eigenvalue weighted by Gasteiger charge is 2.49. The van der Waals surface area contributed by atoms with Crippen molar-refractivity contribution < 1.29 is 26.9 Å². The molecule has 0 aliphatic heterocycles. The third kappa shape index (κ3) is 11.1. The van der Waals surface area contributed by atoms with Crippen LogP contribution in [0.4, 0.5) is 13.2 Å². The van der Waals surface area contributed by atoms with Gasteiger partial charge in [0.15, 0.2) is 0 Å². The molecule has 0 fully saturated rings. The average molecular weight is 416 g/mol. The summed E-state index contributed by atoms with van der Waals surface area (Å²) in [5.74, 6) is -2.32. The van der Waals surface area contributed by atoms with Crippen molar-refractivity contribution in [1.82, 2.24) is 4.72 Å². The molecule has 0 unspecified atom stereocenters. The number of carbonyl (C=O) groups excluding carboxylic acids is 1. The van der Waals surface area contributed by atoms with E-state index in [0.717, 1.165) is 32.8 Å². The van der Waals surface area contributed by atoms with Gasteiger partial charge in [-0.3, -0.25) is 4.79 Å². The van der Waals surface area contributed by atoms with E-state index in [4.69, 9.17) is 0 Å². The maximum Gasteiger partial charge on any atom is 0.405 e. The molecule has 0 aromatic heterocycles. The van der Waals surface area contributed by atoms with Crippen LogP contribution >= 0.6 is 0 Å². The first-order valence-corrected chi connectivity index (χ1v) is 10.9. The molecule has 0 saturated carbocycles. The van der Waals surface area contributed by atoms with Crippen LogP contribution in [-0.4, -0.2) is 34.3 Å². The number of alkyl halides is 3. The lowest BCUT2D eigenvalue weighted by Gasteiger charge is -2.30. The van der Waals surface area contributed by atoms with Gasteiger partial charge in [0.1, 0.15) is 6.04 Å². The predicted octanol–water partition coefficient (Wildman–Crippen LogP) is 5.29. The first-order chi connectivity index (χ1) is 12.4. The number of methoxy groups -OCH3 is 1. The maximum atomic E-state index is 13.6. The van der Waals surface area contributed by atoms with E-state index in [0.29, 0.717) is 6.42 Å². The third-order valence-corrected chi connectivity index (χ3v) is 6.00. The van der Waals surface area contributed by atoms with Gasteiger partial charge in [0, 0.05) is 0 Å². The second-order valence-corrected chi connectivity index (χ2v) is 9.91. The molecule has 162 valence electrons. The van der Waals surface area contributed by atoms with Crippen LogP contribution in [0.3, 0.4) is 0 Å². The fourth-order valence-electron chi connectivity index (χ4n) is 2.74. The van der Waals surface area contributed by atoms with Crippen molar-refractivity contribution >= 4 is 17.0 Å². The second-order valence-electron chi connectivity index (χ2n) is 7.91. The lowest BCUT2D eigenvalue weighted by atomic mass is 9.93. The Balaban J connectivity index is 4.84. The zero-order valence-corrected chi connectivity index (χ0v) is 18.1. The molecule has 0 radical (unpaired) electrons. The Labute approximate surface area is 164 Å². The van der Waals surface area contributed by atoms with Crippen molar-refractivity contribution in [3.05, 3.63) is 0 Å². The summed E-state index contributed by atoms with van der Waals surface area (Å²) in [6.07, 6.45) is 3.31. The van der Waals surface area contributed by atoms with E-state index >= 15 is 0 Å². The molecule has 27 heavy (non-hydrogen) atoms. The van der Waals surface area contributed by atoms with Gasteiger partial charge in [-0.2, -0.15) is 13.2 Å². The average Bonchev–Trinajstić information content (AvgIpc) is 2.56. The number of ether oxygens (including phenoxy) is 1. The molecule has 0 rings (SSSR count). The first-order valence-electron chi connectivity index (χ1n) is 9.77. The smallest absolute Gasteiger partial charge is 0.405 e. The molecule has 3 atom stereocenters. The minimum Gasteiger partial charge on any atom is -0.469 e. The summed E-state index contributed by atoms with van der Waals surface area (Å²) in [7, 11) is -0.864. The summed E-state index contributed by atoms with van der Waals surface area (Å²) in [6, 6.07) is -2.19. The predicted molar refractivity (Wildman–Crippen MR) is 104 cm³/mol. The van der Waals surface area contributed by atoms with Gasteiger partial charge >= 0.3 is 12.1 Å². The van der Waals surface area contributed by atoms with Gasteiger partial charge in [-0.1, -0.05) is 58.3 Å². The second kappa shape index (κ2) is 12.8. The largest absolute Gasteiger partial charge is 0.469 e. The van der Waals surface area contributed by atoms with Crippen molar-refractivity contribution in [2.24, 2.45) is 5.92 Å². The Morgan fingerprint density at radius 2 is 1.48 bits per heavy atom. The van der Waals surface area contributed by atoms with E-state index in [1.165, 1.54) is 19.3 Å². The van der Waals surface area contributed by atoms with Crippen molar-refractivity contribution in [3.8, 4) is 0 Å². The van der Waals surface area contributed by atoms with Gasteiger partial charge in [-0.05, 0) is 27.2 Å². The summed E-state index contributed by atoms with van der Waals surface area (Å²) in [5, 5.41) is 0. The Morgan fingerprint density at radius 3 is 1.89 bits per heavy atom. The minimum atomic E-state index is -4.69. The molecule has 8 heteroatoms. The summed E-state index contributed by atoms with van der Waals surface area (Å²) < 4.78 is 58.7. The Kier molecular flexibility index (Phi) is 12.5. The SMILES string of the molecule is CCCCCCCCCC[C@H](C(=O)OC)[C@H](N[S@@](=O)C(C)(C)C)C(F)(F)F. The summed E-state index contributed by atoms with van der Waals surface area (Å²) in [5.41, 5.74) is 0. The van der Waals surface area contributed by atoms with Crippen molar-refractivity contribution in [3.63, 3.8) is 0 Å². The highest BCUT2D eigenvalue weighted by molar-refractivity contribution is 7.84. The Bertz CT molecular complexity index is 450. The molecule has 0 aliphatic carbocycles. The van der Waals surface area contributed by atoms with Crippen molar-refractivity contribution in [2.45, 2.75) is 102 Å². The van der Waals surface area contributed by atoms with Gasteiger partial charge in [-0.15, -0.1) is 0 Å². The molecule has 0 heterocycles. The van der Waals surface area contributed by atoms with Gasteiger partial charge in [0.25, 0.3) is 0 Å². The zero-order valence-electron chi connectivity index (χ0n) is 17.3. The van der Waals surface area contributed by atoms with E-state index in [1.54, 1.807) is 20.8 Å². The van der Waals surface area contributed by atoms with Crippen LogP contribution in [0.25, 0.3) is 0 Å². The number of esters is 1. The quantitative estimate of drug-likeness (QED) is 0.328. The van der Waals surface area contributed by atoms with Crippen LogP contribution in [0.15, 0.2) is 0 Å². The highest BCUT2D eigenvalue weighted by Crippen LogP contribution is 2.31. The molecule has 0 aromatic carbocycles. The van der Waals surface area contributed by atoms with Crippen LogP contribution in [0.5, 0.6) is 0 Å². The fourth-order valence-corrected chi connectivity index (χ4v) is 3.62. The van der Waals surface area contributed by atoms with Crippen molar-refractivity contribution in [2.75, 3.05) is 7.11 Å². The van der Waals surface area contributed by atoms with Crippen LogP contribution in [0.2, 0.25) is 0 Å². The molecule has 0 aliphatic rings. The summed E-state index contributed by atoms with van der Waals surface area (Å²) in [4.78, 5) is 12.0. The number of hydrogen-bond donors (Lipinski definition) is 1. The normalized spacial score (nSPS) is 16.0. The molecular weight excluding hydrogens is 379 g/mol. The van der Waals surface area contributed by atoms with Crippen LogP contribution in [0, 0.1) is 5.92 Å². The Morgan fingerprint density at radius 1 is 1.00 bits per heavy atom. The number of hydrogen-bond acceptors (Lipinski definition) is 3. The molecule has 0 spiro atoms. The third-order valence-electron chi connectivity index (χ3n) is 4.42. The van der Waals surface area contributed by atoms with Gasteiger partial charge in [0.2, 0.25) is 0 Å². The lowest BCUT2D eigenvalue weighted by molar-refractivity contribution is -0.178. The monoisotopic (exact) mass is 415 g/mol. The highest BCUT2D eigenvalue weighted by atomic mass is 32.2. The van der Waals surface area contributed by atoms with Gasteiger partial charge < -0.3 is 4.74 Å². The molecule has 0 bridgehead atoms. The van der Waals surface area contributed by atoms with Crippen LogP contribution in [0.1, 0.15) is 85.5 Å². The molecule has 0 amide bonds. The van der Waals surface area contributed by atoms with Crippen molar-refractivity contribution in [1.29, 1.82) is 0 Å². The summed E-state index contributed by atoms with van der Waals surface area (Å²) in [6.45, 7) is 6.88. The van der Waals surface area contributed by atoms with Crippen LogP contribution < -0.4 is 4.72 Å². The maximum absolute atomic E-state index is 13.6. The zero-order chi connectivity index (χ0) is 21.1.